The van der Waals surface area contributed by atoms with Crippen molar-refractivity contribution in [2.45, 2.75) is 30.8 Å². The summed E-state index contributed by atoms with van der Waals surface area (Å²) in [5.41, 5.74) is 2.91. The summed E-state index contributed by atoms with van der Waals surface area (Å²) in [5.74, 6) is -1.35. The lowest BCUT2D eigenvalue weighted by Gasteiger charge is -2.19. The maximum atomic E-state index is 13.2. The number of nitrogens with one attached hydrogen (secondary N) is 2. The van der Waals surface area contributed by atoms with E-state index in [2.05, 4.69) is 20.7 Å². The molecule has 4 amide bonds. The zero-order valence-corrected chi connectivity index (χ0v) is 18.3. The number of fused-ring (bicyclic) bond motifs is 1. The fourth-order valence-corrected chi connectivity index (χ4v) is 5.00. The van der Waals surface area contributed by atoms with Crippen LogP contribution in [0, 0.1) is 5.82 Å². The number of hydrogen-bond donors (Lipinski definition) is 2. The van der Waals surface area contributed by atoms with Gasteiger partial charge in [0.1, 0.15) is 22.7 Å². The number of carbonyl (C=O) groups excluding carboxylic acids is 3. The van der Waals surface area contributed by atoms with Crippen molar-refractivity contribution in [3.63, 3.8) is 0 Å². The molecule has 0 bridgehead atoms. The third kappa shape index (κ3) is 4.10. The predicted molar refractivity (Wildman–Crippen MR) is 116 cm³/mol. The molecule has 1 fully saturated rings. The minimum absolute atomic E-state index is 0.0458. The van der Waals surface area contributed by atoms with E-state index >= 15 is 0 Å². The SMILES string of the molecule is CC[C@]1(C)NC(=O)N(NC(=O)CSc2ncnc3cc(-c4ccc(F)cc4)sc23)C1=O. The molecule has 1 aliphatic heterocycles. The Morgan fingerprint density at radius 2 is 2.03 bits per heavy atom. The number of benzene rings is 1. The molecule has 0 aliphatic carbocycles. The summed E-state index contributed by atoms with van der Waals surface area (Å²) in [6, 6.07) is 7.40. The Balaban J connectivity index is 1.47. The summed E-state index contributed by atoms with van der Waals surface area (Å²) in [4.78, 5) is 46.2. The van der Waals surface area contributed by atoms with Crippen LogP contribution in [0.1, 0.15) is 20.3 Å². The standard InChI is InChI=1S/C20H18FN5O3S2/c1-3-20(2)18(28)26(19(29)24-20)25-15(27)9-30-17-16-13(22-10-23-17)8-14(31-16)11-4-6-12(21)7-5-11/h4-8,10H,3,9H2,1-2H3,(H,24,29)(H,25,27)/t20-/m0/s1. The van der Waals surface area contributed by atoms with Gasteiger partial charge in [-0.3, -0.25) is 15.0 Å². The Hall–Kier alpha value is -3.05. The van der Waals surface area contributed by atoms with Crippen LogP contribution in [0.2, 0.25) is 0 Å². The van der Waals surface area contributed by atoms with Crippen LogP contribution in [-0.4, -0.2) is 44.1 Å². The van der Waals surface area contributed by atoms with Gasteiger partial charge in [-0.25, -0.2) is 19.2 Å². The van der Waals surface area contributed by atoms with Crippen LogP contribution in [0.3, 0.4) is 0 Å². The van der Waals surface area contributed by atoms with Gasteiger partial charge in [-0.1, -0.05) is 30.8 Å². The highest BCUT2D eigenvalue weighted by Gasteiger charge is 2.47. The van der Waals surface area contributed by atoms with E-state index in [-0.39, 0.29) is 11.6 Å². The topological polar surface area (TPSA) is 104 Å². The van der Waals surface area contributed by atoms with Gasteiger partial charge >= 0.3 is 6.03 Å². The van der Waals surface area contributed by atoms with Crippen molar-refractivity contribution in [2.24, 2.45) is 0 Å². The maximum Gasteiger partial charge on any atom is 0.344 e. The molecule has 2 N–H and O–H groups in total. The Morgan fingerprint density at radius 3 is 2.71 bits per heavy atom. The average molecular weight is 460 g/mol. The summed E-state index contributed by atoms with van der Waals surface area (Å²) in [6.07, 6.45) is 1.82. The van der Waals surface area contributed by atoms with Gasteiger partial charge in [0.2, 0.25) is 5.91 Å². The lowest BCUT2D eigenvalue weighted by molar-refractivity contribution is -0.137. The van der Waals surface area contributed by atoms with Crippen LogP contribution < -0.4 is 10.7 Å². The molecule has 0 saturated carbocycles. The van der Waals surface area contributed by atoms with Gasteiger partial charge < -0.3 is 5.32 Å². The summed E-state index contributed by atoms with van der Waals surface area (Å²) in [6.45, 7) is 3.39. The quantitative estimate of drug-likeness (QED) is 0.333. The Bertz CT molecular complexity index is 1180. The summed E-state index contributed by atoms with van der Waals surface area (Å²) < 4.78 is 14.0. The van der Waals surface area contributed by atoms with Crippen molar-refractivity contribution >= 4 is 51.2 Å². The first kappa shape index (κ1) is 21.2. The third-order valence-corrected chi connectivity index (χ3v) is 7.25. The smallest absolute Gasteiger partial charge is 0.322 e. The van der Waals surface area contributed by atoms with Crippen molar-refractivity contribution in [2.75, 3.05) is 5.75 Å². The van der Waals surface area contributed by atoms with Crippen LogP contribution in [0.25, 0.3) is 20.7 Å². The number of urea groups is 1. The molecule has 0 spiro atoms. The van der Waals surface area contributed by atoms with Gasteiger partial charge in [0.05, 0.1) is 16.0 Å². The second kappa shape index (κ2) is 8.23. The first-order valence-corrected chi connectivity index (χ1v) is 11.2. The van der Waals surface area contributed by atoms with E-state index in [0.29, 0.717) is 11.4 Å². The Kier molecular flexibility index (Phi) is 5.63. The van der Waals surface area contributed by atoms with Gasteiger partial charge in [-0.05, 0) is 37.1 Å². The van der Waals surface area contributed by atoms with E-state index < -0.39 is 23.4 Å². The minimum atomic E-state index is -1.02. The Morgan fingerprint density at radius 1 is 1.29 bits per heavy atom. The van der Waals surface area contributed by atoms with Crippen molar-refractivity contribution in [3.05, 3.63) is 42.5 Å². The number of thiophene rings is 1. The molecule has 3 heterocycles. The molecule has 1 aliphatic rings. The molecule has 1 aromatic carbocycles. The zero-order chi connectivity index (χ0) is 22.2. The summed E-state index contributed by atoms with van der Waals surface area (Å²) >= 11 is 2.62. The van der Waals surface area contributed by atoms with Crippen LogP contribution in [-0.2, 0) is 9.59 Å². The number of halogens is 1. The predicted octanol–water partition coefficient (Wildman–Crippen LogP) is 3.34. The number of aromatic nitrogens is 2. The average Bonchev–Trinajstić information content (AvgIpc) is 3.28. The number of nitrogens with zero attached hydrogens (tertiary/aromatic N) is 3. The lowest BCUT2D eigenvalue weighted by atomic mass is 10.00. The van der Waals surface area contributed by atoms with E-state index in [0.717, 1.165) is 25.7 Å². The highest BCUT2D eigenvalue weighted by atomic mass is 32.2. The number of thioether (sulfide) groups is 1. The molecule has 1 saturated heterocycles. The van der Waals surface area contributed by atoms with Crippen molar-refractivity contribution in [1.82, 2.24) is 25.7 Å². The van der Waals surface area contributed by atoms with E-state index in [1.54, 1.807) is 26.0 Å². The molecule has 4 rings (SSSR count). The van der Waals surface area contributed by atoms with Crippen molar-refractivity contribution < 1.29 is 18.8 Å². The molecule has 160 valence electrons. The molecule has 8 nitrogen and oxygen atoms in total. The number of carbonyl (C=O) groups is 3. The molecular formula is C20H18FN5O3S2. The highest BCUT2D eigenvalue weighted by molar-refractivity contribution is 8.00. The fraction of sp³-hybridized carbons (Fsp3) is 0.250. The van der Waals surface area contributed by atoms with Gasteiger partial charge in [-0.2, -0.15) is 5.01 Å². The van der Waals surface area contributed by atoms with Crippen LogP contribution in [0.5, 0.6) is 0 Å². The maximum absolute atomic E-state index is 13.2. The zero-order valence-electron chi connectivity index (χ0n) is 16.6. The Labute approximate surface area is 185 Å². The number of imide groups is 1. The van der Waals surface area contributed by atoms with E-state index in [9.17, 15) is 18.8 Å². The minimum Gasteiger partial charge on any atom is -0.322 e. The van der Waals surface area contributed by atoms with Crippen molar-refractivity contribution in [1.29, 1.82) is 0 Å². The fourth-order valence-electron chi connectivity index (χ4n) is 3.01. The van der Waals surface area contributed by atoms with E-state index in [1.165, 1.54) is 41.6 Å². The molecule has 0 unspecified atom stereocenters. The monoisotopic (exact) mass is 459 g/mol. The van der Waals surface area contributed by atoms with Gasteiger partial charge in [0.25, 0.3) is 5.91 Å². The molecule has 31 heavy (non-hydrogen) atoms. The molecule has 3 aromatic rings. The van der Waals surface area contributed by atoms with Crippen LogP contribution >= 0.6 is 23.1 Å². The summed E-state index contributed by atoms with van der Waals surface area (Å²) in [7, 11) is 0. The molecule has 1 atom stereocenters. The lowest BCUT2D eigenvalue weighted by Crippen LogP contribution is -2.49. The number of amides is 4. The first-order valence-electron chi connectivity index (χ1n) is 9.40. The first-order chi connectivity index (χ1) is 14.8. The summed E-state index contributed by atoms with van der Waals surface area (Å²) in [5, 5.41) is 3.91. The number of hydrogen-bond acceptors (Lipinski definition) is 7. The van der Waals surface area contributed by atoms with E-state index in [4.69, 9.17) is 0 Å². The highest BCUT2D eigenvalue weighted by Crippen LogP contribution is 2.36. The van der Waals surface area contributed by atoms with Crippen molar-refractivity contribution in [3.8, 4) is 10.4 Å². The third-order valence-electron chi connectivity index (χ3n) is 4.95. The number of rotatable bonds is 6. The van der Waals surface area contributed by atoms with Gasteiger partial charge in [-0.15, -0.1) is 11.3 Å². The van der Waals surface area contributed by atoms with Gasteiger partial charge in [0.15, 0.2) is 0 Å². The van der Waals surface area contributed by atoms with E-state index in [1.807, 2.05) is 6.07 Å². The molecule has 0 radical (unpaired) electrons. The largest absolute Gasteiger partial charge is 0.344 e. The van der Waals surface area contributed by atoms with Crippen LogP contribution in [0.4, 0.5) is 9.18 Å². The number of hydrazine groups is 1. The van der Waals surface area contributed by atoms with Gasteiger partial charge in [0, 0.05) is 4.88 Å². The molecular weight excluding hydrogens is 441 g/mol. The van der Waals surface area contributed by atoms with Crippen LogP contribution in [0.15, 0.2) is 41.7 Å². The normalized spacial score (nSPS) is 18.5. The second-order valence-corrected chi connectivity index (χ2v) is 9.11. The molecule has 11 heteroatoms. The molecule has 2 aromatic heterocycles. The second-order valence-electron chi connectivity index (χ2n) is 7.09.